The molecule has 2 nitrogen and oxygen atoms in total. The van der Waals surface area contributed by atoms with Gasteiger partial charge in [0.05, 0.1) is 12.0 Å². The minimum Gasteiger partial charge on any atom is -0.331 e. The zero-order valence-electron chi connectivity index (χ0n) is 8.47. The van der Waals surface area contributed by atoms with Gasteiger partial charge >= 0.3 is 0 Å². The number of benzene rings is 1. The second-order valence-corrected chi connectivity index (χ2v) is 4.25. The van der Waals surface area contributed by atoms with Crippen LogP contribution in [0.2, 0.25) is 0 Å². The first-order valence-electron chi connectivity index (χ1n) is 5.37. The third-order valence-corrected chi connectivity index (χ3v) is 3.26. The molecule has 76 valence electrons. The van der Waals surface area contributed by atoms with Crippen molar-refractivity contribution in [3.05, 3.63) is 48.0 Å². The Morgan fingerprint density at radius 3 is 2.67 bits per heavy atom. The van der Waals surface area contributed by atoms with Crippen molar-refractivity contribution in [2.75, 3.05) is 0 Å². The number of carbonyl (C=O) groups excluding carboxylic acids is 1. The van der Waals surface area contributed by atoms with Gasteiger partial charge in [0.15, 0.2) is 0 Å². The molecule has 2 aliphatic rings. The number of fused-ring (bicyclic) bond motifs is 2. The molecule has 0 aromatic heterocycles. The summed E-state index contributed by atoms with van der Waals surface area (Å²) in [5, 5.41) is 0. The molecule has 2 heteroatoms. The van der Waals surface area contributed by atoms with Crippen LogP contribution >= 0.6 is 0 Å². The molecule has 3 rings (SSSR count). The van der Waals surface area contributed by atoms with Gasteiger partial charge in [0.2, 0.25) is 5.91 Å². The van der Waals surface area contributed by atoms with Crippen LogP contribution in [0.4, 0.5) is 0 Å². The summed E-state index contributed by atoms with van der Waals surface area (Å²) in [4.78, 5) is 13.8. The van der Waals surface area contributed by atoms with Crippen molar-refractivity contribution < 1.29 is 4.79 Å². The lowest BCUT2D eigenvalue weighted by molar-refractivity contribution is -0.131. The Morgan fingerprint density at radius 1 is 1.20 bits per heavy atom. The minimum absolute atomic E-state index is 0.165. The maximum Gasteiger partial charge on any atom is 0.230 e. The van der Waals surface area contributed by atoms with Crippen molar-refractivity contribution in [2.24, 2.45) is 5.92 Å². The van der Waals surface area contributed by atoms with E-state index in [1.807, 2.05) is 23.1 Å². The minimum atomic E-state index is 0.165. The number of hydrogen-bond donors (Lipinski definition) is 0. The van der Waals surface area contributed by atoms with Crippen LogP contribution in [-0.2, 0) is 11.3 Å². The van der Waals surface area contributed by atoms with Gasteiger partial charge in [-0.1, -0.05) is 42.5 Å². The molecule has 2 bridgehead atoms. The highest BCUT2D eigenvalue weighted by atomic mass is 16.2. The number of rotatable bonds is 2. The average molecular weight is 199 g/mol. The predicted molar refractivity (Wildman–Crippen MR) is 58.0 cm³/mol. The SMILES string of the molecule is O=C1[C@H]2C=C[C@H](C2)N1Cc1ccccc1. The Labute approximate surface area is 89.2 Å². The molecule has 1 aromatic rings. The lowest BCUT2D eigenvalue weighted by Gasteiger charge is -2.24. The Kier molecular flexibility index (Phi) is 1.88. The van der Waals surface area contributed by atoms with Crippen LogP contribution in [0, 0.1) is 5.92 Å². The van der Waals surface area contributed by atoms with Crippen molar-refractivity contribution in [1.29, 1.82) is 0 Å². The van der Waals surface area contributed by atoms with Crippen molar-refractivity contribution in [3.63, 3.8) is 0 Å². The van der Waals surface area contributed by atoms with E-state index in [0.29, 0.717) is 11.9 Å². The normalized spacial score (nSPS) is 27.7. The molecule has 1 fully saturated rings. The molecule has 1 aliphatic carbocycles. The Hall–Kier alpha value is -1.57. The molecule has 0 spiro atoms. The molecule has 0 unspecified atom stereocenters. The molecule has 15 heavy (non-hydrogen) atoms. The predicted octanol–water partition coefficient (Wildman–Crippen LogP) is 1.97. The van der Waals surface area contributed by atoms with Gasteiger partial charge in [-0.3, -0.25) is 4.79 Å². The van der Waals surface area contributed by atoms with Crippen LogP contribution < -0.4 is 0 Å². The van der Waals surface area contributed by atoms with Gasteiger partial charge in [0, 0.05) is 6.54 Å². The van der Waals surface area contributed by atoms with Crippen LogP contribution in [-0.4, -0.2) is 16.8 Å². The van der Waals surface area contributed by atoms with E-state index in [-0.39, 0.29) is 5.92 Å². The summed E-state index contributed by atoms with van der Waals surface area (Å²) in [5.74, 6) is 0.463. The number of amides is 1. The van der Waals surface area contributed by atoms with E-state index in [2.05, 4.69) is 24.3 Å². The van der Waals surface area contributed by atoms with Crippen LogP contribution in [0.5, 0.6) is 0 Å². The summed E-state index contributed by atoms with van der Waals surface area (Å²) < 4.78 is 0. The zero-order chi connectivity index (χ0) is 10.3. The second-order valence-electron chi connectivity index (χ2n) is 4.25. The summed E-state index contributed by atoms with van der Waals surface area (Å²) >= 11 is 0. The van der Waals surface area contributed by atoms with Gasteiger partial charge in [0.25, 0.3) is 0 Å². The number of hydrogen-bond acceptors (Lipinski definition) is 1. The first kappa shape index (κ1) is 8.72. The fourth-order valence-corrected chi connectivity index (χ4v) is 2.45. The molecule has 0 radical (unpaired) electrons. The summed E-state index contributed by atoms with van der Waals surface area (Å²) in [5.41, 5.74) is 1.21. The molecule has 1 aliphatic heterocycles. The van der Waals surface area contributed by atoms with Gasteiger partial charge in [0.1, 0.15) is 0 Å². The third kappa shape index (κ3) is 1.37. The highest BCUT2D eigenvalue weighted by Crippen LogP contribution is 2.33. The molecule has 2 atom stereocenters. The first-order chi connectivity index (χ1) is 7.34. The lowest BCUT2D eigenvalue weighted by Crippen LogP contribution is -2.33. The molecule has 1 aromatic carbocycles. The molecule has 0 saturated carbocycles. The van der Waals surface area contributed by atoms with Crippen LogP contribution in [0.1, 0.15) is 12.0 Å². The van der Waals surface area contributed by atoms with E-state index in [4.69, 9.17) is 0 Å². The summed E-state index contributed by atoms with van der Waals surface area (Å²) in [6.07, 6.45) is 5.20. The maximum atomic E-state index is 11.8. The third-order valence-electron chi connectivity index (χ3n) is 3.26. The maximum absolute atomic E-state index is 11.8. The van der Waals surface area contributed by atoms with Crippen molar-refractivity contribution in [3.8, 4) is 0 Å². The van der Waals surface area contributed by atoms with E-state index in [1.54, 1.807) is 0 Å². The highest BCUT2D eigenvalue weighted by molar-refractivity contribution is 5.85. The highest BCUT2D eigenvalue weighted by Gasteiger charge is 2.40. The molecular weight excluding hydrogens is 186 g/mol. The van der Waals surface area contributed by atoms with Gasteiger partial charge in [-0.25, -0.2) is 0 Å². The van der Waals surface area contributed by atoms with Crippen molar-refractivity contribution >= 4 is 5.91 Å². The van der Waals surface area contributed by atoms with Gasteiger partial charge in [-0.15, -0.1) is 0 Å². The Balaban J connectivity index is 1.80. The molecule has 1 heterocycles. The molecule has 0 N–H and O–H groups in total. The standard InChI is InChI=1S/C13H13NO/c15-13-11-6-7-12(8-11)14(13)9-10-4-2-1-3-5-10/h1-7,11-12H,8-9H2/t11-,12+/m0/s1. The topological polar surface area (TPSA) is 20.3 Å². The van der Waals surface area contributed by atoms with E-state index >= 15 is 0 Å². The fraction of sp³-hybridized carbons (Fsp3) is 0.308. The van der Waals surface area contributed by atoms with Gasteiger partial charge in [-0.2, -0.15) is 0 Å². The van der Waals surface area contributed by atoms with Crippen LogP contribution in [0.3, 0.4) is 0 Å². The van der Waals surface area contributed by atoms with E-state index < -0.39 is 0 Å². The number of likely N-dealkylation sites (tertiary alicyclic amines) is 1. The fourth-order valence-electron chi connectivity index (χ4n) is 2.45. The van der Waals surface area contributed by atoms with Gasteiger partial charge in [-0.05, 0) is 12.0 Å². The van der Waals surface area contributed by atoms with Gasteiger partial charge < -0.3 is 4.90 Å². The second kappa shape index (κ2) is 3.23. The quantitative estimate of drug-likeness (QED) is 0.667. The van der Waals surface area contributed by atoms with E-state index in [0.717, 1.165) is 13.0 Å². The zero-order valence-corrected chi connectivity index (χ0v) is 8.47. The van der Waals surface area contributed by atoms with Crippen LogP contribution in [0.25, 0.3) is 0 Å². The average Bonchev–Trinajstić information content (AvgIpc) is 2.84. The smallest absolute Gasteiger partial charge is 0.230 e. The molecular formula is C13H13NO. The number of carbonyl (C=O) groups is 1. The van der Waals surface area contributed by atoms with E-state index in [9.17, 15) is 4.79 Å². The largest absolute Gasteiger partial charge is 0.331 e. The summed E-state index contributed by atoms with van der Waals surface area (Å²) in [6, 6.07) is 10.5. The van der Waals surface area contributed by atoms with Crippen LogP contribution in [0.15, 0.2) is 42.5 Å². The Bertz CT molecular complexity index is 410. The Morgan fingerprint density at radius 2 is 2.00 bits per heavy atom. The van der Waals surface area contributed by atoms with E-state index in [1.165, 1.54) is 5.56 Å². The molecule has 1 saturated heterocycles. The molecule has 1 amide bonds. The summed E-state index contributed by atoms with van der Waals surface area (Å²) in [7, 11) is 0. The van der Waals surface area contributed by atoms with Crippen molar-refractivity contribution in [1.82, 2.24) is 4.90 Å². The van der Waals surface area contributed by atoms with Crippen molar-refractivity contribution in [2.45, 2.75) is 19.0 Å². The summed E-state index contributed by atoms with van der Waals surface area (Å²) in [6.45, 7) is 0.755. The number of nitrogens with zero attached hydrogens (tertiary/aromatic N) is 1. The monoisotopic (exact) mass is 199 g/mol. The lowest BCUT2D eigenvalue weighted by atomic mass is 10.1. The first-order valence-corrected chi connectivity index (χ1v) is 5.37.